The van der Waals surface area contributed by atoms with Crippen molar-refractivity contribution < 1.29 is 58.9 Å². The first-order valence-corrected chi connectivity index (χ1v) is 5.23. The van der Waals surface area contributed by atoms with E-state index in [1.54, 1.807) is 0 Å². The second-order valence-electron chi connectivity index (χ2n) is 1.90. The molecule has 0 aromatic heterocycles. The maximum atomic E-state index is 5.59. The summed E-state index contributed by atoms with van der Waals surface area (Å²) in [5, 5.41) is 1.27. The molecule has 1 aliphatic rings. The molecule has 0 aromatic rings. The Morgan fingerprint density at radius 2 is 1.85 bits per heavy atom. The summed E-state index contributed by atoms with van der Waals surface area (Å²) in [6.07, 6.45) is 8.29. The van der Waals surface area contributed by atoms with Gasteiger partial charge in [-0.05, 0) is 0 Å². The van der Waals surface area contributed by atoms with Gasteiger partial charge < -0.3 is 37.2 Å². The van der Waals surface area contributed by atoms with Crippen molar-refractivity contribution in [3.8, 4) is 0 Å². The largest absolute Gasteiger partial charge is 4.00 e. The smallest absolute Gasteiger partial charge is 1.00 e. The molecule has 1 aliphatic carbocycles. The van der Waals surface area contributed by atoms with Gasteiger partial charge in [0.25, 0.3) is 0 Å². The van der Waals surface area contributed by atoms with Crippen LogP contribution in [0.15, 0.2) is 17.3 Å². The first-order chi connectivity index (χ1) is 4.29. The molecular formula is C6H7Cl5SiTi. The molecule has 0 nitrogen and oxygen atoms in total. The number of allylic oxidation sites excluding steroid dienone is 4. The molecule has 0 saturated heterocycles. The van der Waals surface area contributed by atoms with Crippen molar-refractivity contribution in [2.24, 2.45) is 0 Å². The number of alkyl halides is 2. The van der Waals surface area contributed by atoms with Crippen LogP contribution in [0.1, 0.15) is 6.42 Å². The molecule has 0 heterocycles. The Balaban J connectivity index is -0.000000101. The van der Waals surface area contributed by atoms with E-state index in [1.807, 2.05) is 0 Å². The Morgan fingerprint density at radius 1 is 1.31 bits per heavy atom. The maximum absolute atomic E-state index is 5.59. The monoisotopic (exact) mass is 330 g/mol. The molecule has 0 N–H and O–H groups in total. The van der Waals surface area contributed by atoms with Crippen LogP contribution in [-0.2, 0) is 21.7 Å². The molecule has 0 saturated carbocycles. The molecule has 74 valence electrons. The van der Waals surface area contributed by atoms with Gasteiger partial charge in [-0.25, -0.2) is 11.3 Å². The van der Waals surface area contributed by atoms with E-state index >= 15 is 0 Å². The van der Waals surface area contributed by atoms with Crippen LogP contribution >= 0.6 is 23.2 Å². The second kappa shape index (κ2) is 13.9. The Hall–Kier alpha value is 1.86. The first-order valence-electron chi connectivity index (χ1n) is 2.83. The van der Waals surface area contributed by atoms with Gasteiger partial charge in [0.15, 0.2) is 0 Å². The quantitative estimate of drug-likeness (QED) is 0.268. The van der Waals surface area contributed by atoms with Crippen molar-refractivity contribution in [2.75, 3.05) is 0 Å². The molecule has 0 spiro atoms. The number of halogens is 5. The van der Waals surface area contributed by atoms with E-state index in [0.717, 1.165) is 6.42 Å². The molecule has 0 unspecified atom stereocenters. The Kier molecular flexibility index (Phi) is 25.8. The van der Waals surface area contributed by atoms with Crippen molar-refractivity contribution in [2.45, 2.75) is 10.9 Å². The molecule has 0 aliphatic heterocycles. The van der Waals surface area contributed by atoms with Crippen LogP contribution < -0.4 is 37.2 Å². The number of hydrogen-bond donors (Lipinski definition) is 0. The van der Waals surface area contributed by atoms with E-state index in [1.165, 1.54) is 5.20 Å². The van der Waals surface area contributed by atoms with Gasteiger partial charge in [-0.15, -0.1) is 29.6 Å². The molecule has 0 bridgehead atoms. The van der Waals surface area contributed by atoms with Crippen molar-refractivity contribution >= 4 is 32.7 Å². The summed E-state index contributed by atoms with van der Waals surface area (Å²) < 4.78 is -0.143. The van der Waals surface area contributed by atoms with Gasteiger partial charge in [-0.2, -0.15) is 6.08 Å². The van der Waals surface area contributed by atoms with Gasteiger partial charge in [0.1, 0.15) is 0 Å². The minimum absolute atomic E-state index is 0. The molecule has 0 aromatic carbocycles. The van der Waals surface area contributed by atoms with E-state index < -0.39 is 9.52 Å². The Morgan fingerprint density at radius 3 is 2.15 bits per heavy atom. The third kappa shape index (κ3) is 11.8. The predicted octanol–water partition coefficient (Wildman–Crippen LogP) is -7.43. The second-order valence-corrected chi connectivity index (χ2v) is 6.20. The molecule has 0 radical (unpaired) electrons. The summed E-state index contributed by atoms with van der Waals surface area (Å²) in [6, 6.07) is 0. The summed E-state index contributed by atoms with van der Waals surface area (Å²) >= 11 is 11.2. The zero-order chi connectivity index (χ0) is 6.69. The summed E-state index contributed by atoms with van der Waals surface area (Å²) in [4.78, 5) is 0. The molecular weight excluding hydrogens is 325 g/mol. The molecule has 0 amide bonds. The third-order valence-corrected chi connectivity index (χ3v) is 3.30. The van der Waals surface area contributed by atoms with Crippen molar-refractivity contribution in [3.63, 3.8) is 0 Å². The zero-order valence-electron chi connectivity index (χ0n) is 6.54. The van der Waals surface area contributed by atoms with Gasteiger partial charge in [0.2, 0.25) is 0 Å². The SMILES string of the molecule is ClC(Cl)[SiH2]C1=[C-]CC=C1.[Cl-].[Cl-].[Cl-].[Ti+4]. The summed E-state index contributed by atoms with van der Waals surface area (Å²) in [5.74, 6) is 0. The van der Waals surface area contributed by atoms with Gasteiger partial charge in [-0.1, -0.05) is 0 Å². The molecule has 13 heavy (non-hydrogen) atoms. The minimum atomic E-state index is -0.428. The Labute approximate surface area is 125 Å². The van der Waals surface area contributed by atoms with Crippen LogP contribution in [0.4, 0.5) is 0 Å². The minimum Gasteiger partial charge on any atom is -1.00 e. The van der Waals surface area contributed by atoms with Gasteiger partial charge in [0, 0.05) is 0 Å². The summed E-state index contributed by atoms with van der Waals surface area (Å²) in [7, 11) is -0.428. The van der Waals surface area contributed by atoms with E-state index in [4.69, 9.17) is 23.2 Å². The van der Waals surface area contributed by atoms with Crippen molar-refractivity contribution in [1.82, 2.24) is 0 Å². The average Bonchev–Trinajstić information content (AvgIpc) is 2.15. The molecule has 0 fully saturated rings. The number of hydrogen-bond acceptors (Lipinski definition) is 0. The fourth-order valence-corrected chi connectivity index (χ4v) is 2.68. The van der Waals surface area contributed by atoms with E-state index in [-0.39, 0.29) is 63.4 Å². The Bertz CT molecular complexity index is 159. The van der Waals surface area contributed by atoms with E-state index in [2.05, 4.69) is 18.2 Å². The van der Waals surface area contributed by atoms with Crippen LogP contribution in [0.3, 0.4) is 0 Å². The van der Waals surface area contributed by atoms with E-state index in [0.29, 0.717) is 0 Å². The third-order valence-electron chi connectivity index (χ3n) is 1.14. The zero-order valence-corrected chi connectivity index (χ0v) is 13.3. The van der Waals surface area contributed by atoms with Crippen LogP contribution in [0, 0.1) is 6.08 Å². The van der Waals surface area contributed by atoms with Crippen LogP contribution in [0.2, 0.25) is 0 Å². The molecule has 1 rings (SSSR count). The predicted molar refractivity (Wildman–Crippen MR) is 44.6 cm³/mol. The summed E-state index contributed by atoms with van der Waals surface area (Å²) in [6.45, 7) is 0. The van der Waals surface area contributed by atoms with Crippen LogP contribution in [-0.4, -0.2) is 14.0 Å². The molecule has 7 heteroatoms. The standard InChI is InChI=1S/C6H7Cl2Si.3ClH.Ti/c7-6(8)9-5-3-1-2-4-5;;;;/h1,3,6H,2,9H2;3*1H;/q-1;;;;+4/p-3. The van der Waals surface area contributed by atoms with Gasteiger partial charge in [-0.3, -0.25) is 6.08 Å². The van der Waals surface area contributed by atoms with Crippen LogP contribution in [0.25, 0.3) is 0 Å². The number of rotatable bonds is 2. The fourth-order valence-electron chi connectivity index (χ4n) is 0.757. The summed E-state index contributed by atoms with van der Waals surface area (Å²) in [5.41, 5.74) is 0. The van der Waals surface area contributed by atoms with E-state index in [9.17, 15) is 0 Å². The topological polar surface area (TPSA) is 0 Å². The normalized spacial score (nSPS) is 12.7. The fraction of sp³-hybridized carbons (Fsp3) is 0.333. The molecule has 0 atom stereocenters. The maximum Gasteiger partial charge on any atom is 4.00 e. The first kappa shape index (κ1) is 24.2. The van der Waals surface area contributed by atoms with Gasteiger partial charge in [0.05, 0.1) is 14.0 Å². The van der Waals surface area contributed by atoms with Gasteiger partial charge >= 0.3 is 21.7 Å². The van der Waals surface area contributed by atoms with Crippen molar-refractivity contribution in [3.05, 3.63) is 23.4 Å². The average molecular weight is 332 g/mol. The van der Waals surface area contributed by atoms with Crippen molar-refractivity contribution in [1.29, 1.82) is 0 Å². The van der Waals surface area contributed by atoms with Crippen LogP contribution in [0.5, 0.6) is 0 Å².